The van der Waals surface area contributed by atoms with Crippen molar-refractivity contribution in [3.63, 3.8) is 0 Å². The van der Waals surface area contributed by atoms with Crippen LogP contribution in [0.2, 0.25) is 0 Å². The Kier molecular flexibility index (Phi) is 5.42. The maximum atomic E-state index is 12.6. The summed E-state index contributed by atoms with van der Waals surface area (Å²) in [7, 11) is 0. The Morgan fingerprint density at radius 2 is 1.62 bits per heavy atom. The molecule has 0 radical (unpaired) electrons. The summed E-state index contributed by atoms with van der Waals surface area (Å²) in [5, 5.41) is 6.55. The van der Waals surface area contributed by atoms with Crippen LogP contribution in [0.15, 0.2) is 48.5 Å². The Balaban J connectivity index is 1.66. The van der Waals surface area contributed by atoms with Crippen molar-refractivity contribution in [2.75, 3.05) is 17.2 Å². The molecule has 0 unspecified atom stereocenters. The summed E-state index contributed by atoms with van der Waals surface area (Å²) < 4.78 is 5.48. The van der Waals surface area contributed by atoms with E-state index in [0.717, 1.165) is 35.7 Å². The predicted octanol–water partition coefficient (Wildman–Crippen LogP) is 5.19. The smallest absolute Gasteiger partial charge is 0.229 e. The highest BCUT2D eigenvalue weighted by Crippen LogP contribution is 2.30. The van der Waals surface area contributed by atoms with Crippen LogP contribution in [0, 0.1) is 6.92 Å². The van der Waals surface area contributed by atoms with Crippen LogP contribution in [-0.2, 0) is 6.42 Å². The molecule has 1 heterocycles. The Labute approximate surface area is 170 Å². The van der Waals surface area contributed by atoms with Crippen LogP contribution in [0.3, 0.4) is 0 Å². The second-order valence-electron chi connectivity index (χ2n) is 7.07. The highest BCUT2D eigenvalue weighted by Gasteiger charge is 2.24. The molecule has 0 fully saturated rings. The number of rotatable bonds is 6. The van der Waals surface area contributed by atoms with Gasteiger partial charge in [0.15, 0.2) is 5.78 Å². The number of hydrogen-bond acceptors (Lipinski definition) is 6. The van der Waals surface area contributed by atoms with Crippen molar-refractivity contribution in [2.24, 2.45) is 0 Å². The highest BCUT2D eigenvalue weighted by molar-refractivity contribution is 6.03. The number of ketones is 1. The molecule has 0 atom stereocenters. The van der Waals surface area contributed by atoms with Crippen LogP contribution in [0.25, 0.3) is 0 Å². The van der Waals surface area contributed by atoms with E-state index in [2.05, 4.69) is 20.6 Å². The fourth-order valence-corrected chi connectivity index (χ4v) is 3.37. The van der Waals surface area contributed by atoms with E-state index in [1.54, 1.807) is 0 Å². The second kappa shape index (κ2) is 8.31. The highest BCUT2D eigenvalue weighted by atomic mass is 16.5. The molecule has 0 aliphatic heterocycles. The third kappa shape index (κ3) is 4.37. The minimum Gasteiger partial charge on any atom is -0.494 e. The number of nitrogens with one attached hydrogen (secondary N) is 2. The zero-order chi connectivity index (χ0) is 20.2. The average molecular weight is 388 g/mol. The minimum atomic E-state index is 0.0912. The van der Waals surface area contributed by atoms with Crippen molar-refractivity contribution in [2.45, 2.75) is 33.1 Å². The van der Waals surface area contributed by atoms with Crippen LogP contribution < -0.4 is 15.4 Å². The first-order valence-electron chi connectivity index (χ1n) is 9.90. The summed E-state index contributed by atoms with van der Waals surface area (Å²) in [6.45, 7) is 4.62. The molecule has 4 rings (SSSR count). The molecule has 0 amide bonds. The number of aryl methyl sites for hydroxylation is 2. The normalized spacial score (nSPS) is 13.0. The van der Waals surface area contributed by atoms with Crippen LogP contribution in [0.1, 0.15) is 41.4 Å². The van der Waals surface area contributed by atoms with Gasteiger partial charge in [-0.1, -0.05) is 17.7 Å². The summed E-state index contributed by atoms with van der Waals surface area (Å²) >= 11 is 0. The predicted molar refractivity (Wildman–Crippen MR) is 115 cm³/mol. The number of carbonyl (C=O) groups excluding carboxylic acids is 1. The van der Waals surface area contributed by atoms with Gasteiger partial charge in [-0.05, 0) is 63.1 Å². The maximum Gasteiger partial charge on any atom is 0.229 e. The zero-order valence-corrected chi connectivity index (χ0v) is 16.7. The molecule has 2 N–H and O–H groups in total. The summed E-state index contributed by atoms with van der Waals surface area (Å²) in [5.41, 5.74) is 4.32. The third-order valence-corrected chi connectivity index (χ3v) is 4.82. The van der Waals surface area contributed by atoms with Crippen molar-refractivity contribution in [1.82, 2.24) is 9.97 Å². The van der Waals surface area contributed by atoms with Gasteiger partial charge >= 0.3 is 0 Å². The Morgan fingerprint density at radius 1 is 0.931 bits per heavy atom. The van der Waals surface area contributed by atoms with E-state index in [4.69, 9.17) is 4.74 Å². The van der Waals surface area contributed by atoms with Gasteiger partial charge in [0.2, 0.25) is 5.95 Å². The van der Waals surface area contributed by atoms with E-state index in [1.807, 2.05) is 62.4 Å². The lowest BCUT2D eigenvalue weighted by molar-refractivity contribution is 0.0972. The van der Waals surface area contributed by atoms with Gasteiger partial charge in [-0.2, -0.15) is 4.98 Å². The SMILES string of the molecule is CCOc1ccc(Nc2nc3c(c(Nc4ccc(C)cc4)n2)C(=O)CCC3)cc1. The van der Waals surface area contributed by atoms with Crippen molar-refractivity contribution in [3.05, 3.63) is 65.4 Å². The van der Waals surface area contributed by atoms with Crippen LogP contribution >= 0.6 is 0 Å². The third-order valence-electron chi connectivity index (χ3n) is 4.82. The number of aromatic nitrogens is 2. The largest absolute Gasteiger partial charge is 0.494 e. The van der Waals surface area contributed by atoms with E-state index in [1.165, 1.54) is 5.56 Å². The number of ether oxygens (including phenoxy) is 1. The van der Waals surface area contributed by atoms with E-state index in [-0.39, 0.29) is 5.78 Å². The van der Waals surface area contributed by atoms with Gasteiger partial charge < -0.3 is 15.4 Å². The topological polar surface area (TPSA) is 76.1 Å². The molecule has 1 aliphatic carbocycles. The molecule has 148 valence electrons. The first-order chi connectivity index (χ1) is 14.1. The molecule has 2 aromatic carbocycles. The summed E-state index contributed by atoms with van der Waals surface area (Å²) in [5.74, 6) is 1.93. The number of Topliss-reactive ketones (excluding diaryl/α,β-unsaturated/α-hetero) is 1. The minimum absolute atomic E-state index is 0.0912. The molecule has 1 aliphatic rings. The maximum absolute atomic E-state index is 12.6. The number of benzene rings is 2. The Morgan fingerprint density at radius 3 is 2.34 bits per heavy atom. The van der Waals surface area contributed by atoms with Crippen molar-refractivity contribution >= 4 is 28.9 Å². The second-order valence-corrected chi connectivity index (χ2v) is 7.07. The quantitative estimate of drug-likeness (QED) is 0.605. The first-order valence-corrected chi connectivity index (χ1v) is 9.90. The summed E-state index contributed by atoms with van der Waals surface area (Å²) in [6, 6.07) is 15.7. The fourth-order valence-electron chi connectivity index (χ4n) is 3.37. The van der Waals surface area contributed by atoms with E-state index in [9.17, 15) is 4.79 Å². The molecule has 6 nitrogen and oxygen atoms in total. The lowest BCUT2D eigenvalue weighted by atomic mass is 9.95. The van der Waals surface area contributed by atoms with Crippen LogP contribution in [0.5, 0.6) is 5.75 Å². The molecule has 29 heavy (non-hydrogen) atoms. The Bertz CT molecular complexity index is 1010. The van der Waals surface area contributed by atoms with Gasteiger partial charge in [0.05, 0.1) is 17.9 Å². The molecule has 1 aromatic heterocycles. The number of hydrogen-bond donors (Lipinski definition) is 2. The monoisotopic (exact) mass is 388 g/mol. The van der Waals surface area contributed by atoms with Crippen LogP contribution in [-0.4, -0.2) is 22.4 Å². The molecular formula is C23H24N4O2. The number of fused-ring (bicyclic) bond motifs is 1. The van der Waals surface area contributed by atoms with Crippen molar-refractivity contribution in [3.8, 4) is 5.75 Å². The summed E-state index contributed by atoms with van der Waals surface area (Å²) in [4.78, 5) is 21.8. The Hall–Kier alpha value is -3.41. The summed E-state index contributed by atoms with van der Waals surface area (Å²) in [6.07, 6.45) is 2.12. The molecular weight excluding hydrogens is 364 g/mol. The molecule has 0 saturated heterocycles. The average Bonchev–Trinajstić information content (AvgIpc) is 2.71. The van der Waals surface area contributed by atoms with E-state index in [0.29, 0.717) is 30.4 Å². The number of carbonyl (C=O) groups is 1. The van der Waals surface area contributed by atoms with Gasteiger partial charge in [-0.25, -0.2) is 4.98 Å². The van der Waals surface area contributed by atoms with Crippen LogP contribution in [0.4, 0.5) is 23.1 Å². The molecule has 0 spiro atoms. The molecule has 0 bridgehead atoms. The van der Waals surface area contributed by atoms with E-state index >= 15 is 0 Å². The van der Waals surface area contributed by atoms with Gasteiger partial charge in [0.25, 0.3) is 0 Å². The van der Waals surface area contributed by atoms with Crippen molar-refractivity contribution < 1.29 is 9.53 Å². The lowest BCUT2D eigenvalue weighted by Gasteiger charge is -2.19. The van der Waals surface area contributed by atoms with Gasteiger partial charge in [0, 0.05) is 17.8 Å². The fraction of sp³-hybridized carbons (Fsp3) is 0.261. The zero-order valence-electron chi connectivity index (χ0n) is 16.7. The number of anilines is 4. The molecule has 0 saturated carbocycles. The lowest BCUT2D eigenvalue weighted by Crippen LogP contribution is -2.17. The van der Waals surface area contributed by atoms with Gasteiger partial charge in [-0.3, -0.25) is 4.79 Å². The van der Waals surface area contributed by atoms with Crippen molar-refractivity contribution in [1.29, 1.82) is 0 Å². The first kappa shape index (κ1) is 18.9. The van der Waals surface area contributed by atoms with Gasteiger partial charge in [-0.15, -0.1) is 0 Å². The molecule has 3 aromatic rings. The number of nitrogens with zero attached hydrogens (tertiary/aromatic N) is 2. The van der Waals surface area contributed by atoms with Gasteiger partial charge in [0.1, 0.15) is 11.6 Å². The van der Waals surface area contributed by atoms with E-state index < -0.39 is 0 Å². The molecule has 6 heteroatoms. The standard InChI is InChI=1S/C23H24N4O2/c1-3-29-18-13-11-17(12-14-18)25-23-26-19-5-4-6-20(28)21(19)22(27-23)24-16-9-7-15(2)8-10-16/h7-14H,3-6H2,1-2H3,(H2,24,25,26,27).